The minimum atomic E-state index is -0.677. The number of carbonyl (C=O) groups excluding carboxylic acids is 6. The molecule has 0 aromatic rings. The van der Waals surface area contributed by atoms with Gasteiger partial charge in [-0.1, -0.05) is 217 Å². The Morgan fingerprint density at radius 3 is 0.674 bits per heavy atom. The van der Waals surface area contributed by atoms with E-state index in [4.69, 9.17) is 73.8 Å². The van der Waals surface area contributed by atoms with Gasteiger partial charge in [-0.15, -0.1) is 0 Å². The number of hydrogen-bond acceptors (Lipinski definition) is 15. The number of alkyl halides is 3. The maximum Gasteiger partial charge on any atom is 0.312 e. The van der Waals surface area contributed by atoms with Crippen molar-refractivity contribution in [2.24, 2.45) is 43.8 Å². The molecule has 0 aliphatic heterocycles. The van der Waals surface area contributed by atoms with E-state index < -0.39 is 45.5 Å². The number of aliphatic hydroxyl groups is 1. The van der Waals surface area contributed by atoms with Crippen LogP contribution in [0.2, 0.25) is 0 Å². The van der Waals surface area contributed by atoms with Gasteiger partial charge in [-0.05, 0) is 231 Å². The number of aliphatic carboxylic acids is 4. The van der Waals surface area contributed by atoms with Crippen molar-refractivity contribution in [3.8, 4) is 0 Å². The number of carboxylic acids is 4. The number of carboxylic acid groups (broad SMARTS) is 4. The van der Waals surface area contributed by atoms with Gasteiger partial charge in [0.05, 0.1) is 76.4 Å². The fraction of sp³-hybridized carbons (Fsp3) is 0.891. The van der Waals surface area contributed by atoms with Gasteiger partial charge in [0.15, 0.2) is 0 Å². The third-order valence-corrected chi connectivity index (χ3v) is 28.5. The van der Waals surface area contributed by atoms with Crippen molar-refractivity contribution in [1.29, 1.82) is 0 Å². The van der Waals surface area contributed by atoms with Gasteiger partial charge in [0.2, 0.25) is 0 Å². The second-order valence-electron chi connectivity index (χ2n) is 35.4. The Hall–Kier alpha value is -4.55. The molecule has 0 saturated heterocycles. The SMILES string of the molecule is BrCCCCBr.CCCCOC(=O)C1(CCCCBr)CCC1.CCCCOC(=O)C1(CCCCC(=O)CCCCC2(C(=O)OCCCC)CCC2)CCC1.CCCCOC(=O)C1CCCC1.F.F.F.FF.FF.FF.FF.FF.FF.O=C(CCCCC1(C(=O)O)CCC1)CCCCC1(C(=O)O)CCC1.O=C(O)C1(CCCCC(O)CCCCC2(C(=O)O)CCC2)CCC1. The van der Waals surface area contributed by atoms with E-state index in [0.29, 0.717) is 70.7 Å². The van der Waals surface area contributed by atoms with Crippen molar-refractivity contribution in [2.45, 2.75) is 432 Å². The Balaban J connectivity index is -0.000000280. The normalized spacial score (nSPS) is 16.9. The Morgan fingerprint density at radius 1 is 0.287 bits per heavy atom. The van der Waals surface area contributed by atoms with Crippen molar-refractivity contribution < 1.29 is 161 Å². The summed E-state index contributed by atoms with van der Waals surface area (Å²) in [6.45, 7) is 10.7. The lowest BCUT2D eigenvalue weighted by atomic mass is 9.65. The molecule has 768 valence electrons. The minimum Gasteiger partial charge on any atom is -0.481 e. The molecule has 19 nitrogen and oxygen atoms in total. The summed E-state index contributed by atoms with van der Waals surface area (Å²) < 4.78 is 117. The molecule has 0 amide bonds. The molecular formula is C92H160Br3F15O19. The van der Waals surface area contributed by atoms with Gasteiger partial charge in [-0.25, -0.2) is 0 Å². The fourth-order valence-electron chi connectivity index (χ4n) is 17.1. The second-order valence-corrected chi connectivity index (χ2v) is 37.8. The number of hydrogen-bond donors (Lipinski definition) is 5. The molecule has 8 aliphatic rings. The summed E-state index contributed by atoms with van der Waals surface area (Å²) in [6, 6.07) is 0. The number of Topliss-reactive ketones (excluding diaryl/α,β-unsaturated/α-hetero) is 2. The Labute approximate surface area is 782 Å². The molecule has 0 aromatic heterocycles. The Morgan fingerprint density at radius 2 is 0.481 bits per heavy atom. The van der Waals surface area contributed by atoms with E-state index in [2.05, 4.69) is 75.5 Å². The van der Waals surface area contributed by atoms with Crippen LogP contribution in [0.15, 0.2) is 0 Å². The fourth-order valence-corrected chi connectivity index (χ4v) is 18.3. The van der Waals surface area contributed by atoms with E-state index >= 15 is 0 Å². The lowest BCUT2D eigenvalue weighted by Crippen LogP contribution is -2.39. The molecular weight excluding hydrogens is 1930 g/mol. The molecule has 0 radical (unpaired) electrons. The number of ketones is 2. The van der Waals surface area contributed by atoms with Crippen LogP contribution >= 0.6 is 47.8 Å². The lowest BCUT2D eigenvalue weighted by Gasteiger charge is -2.39. The molecule has 0 bridgehead atoms. The molecule has 0 spiro atoms. The van der Waals surface area contributed by atoms with Crippen LogP contribution in [-0.4, -0.2) is 133 Å². The maximum absolute atomic E-state index is 12.4. The Kier molecular flexibility index (Phi) is 92.0. The standard InChI is InChI=1S/C27H46O5.C19H32O5.C19H30O5.C13H23BrO2.C10H18O2.C4H8Br2.6F2.3FH/c1-3-5-21-31-24(29)26(17-11-18-26)15-9-7-13-23(28)14-8-10-16-27(19-12-20-27)25(30)32-22-6-4-2;2*20-15(7-1-3-9-18(16(21)22)11-5-12-18)8-2-4-10-19(17(23)24)13-6-14-19;1-2-3-11-16-12(15)13(8-6-9-13)7-4-5-10-14;1-2-3-8-12-10(11)9-6-4-5-7-9;5-3-1-2-4-6;6*1-2;;;/h3-22H2,1-2H3;15,20H,1-14H2,(H,21,22)(H,23,24);1-14H2,(H,21,22)(H,23,24);2-11H2,1H3;9H,2-8H2,1H3;1-4H2;;;;;;;3*1H. The quantitative estimate of drug-likeness (QED) is 0.0124. The monoisotopic (exact) mass is 2090 g/mol. The van der Waals surface area contributed by atoms with Crippen LogP contribution in [0.3, 0.4) is 0 Å². The van der Waals surface area contributed by atoms with E-state index in [-0.39, 0.29) is 72.0 Å². The Bertz CT molecular complexity index is 2650. The van der Waals surface area contributed by atoms with Crippen molar-refractivity contribution in [2.75, 3.05) is 42.4 Å². The topological polar surface area (TPSA) is 309 Å². The van der Waals surface area contributed by atoms with Gasteiger partial charge in [-0.3, -0.25) is 62.1 Å². The van der Waals surface area contributed by atoms with Crippen LogP contribution in [0, 0.1) is 43.8 Å². The van der Waals surface area contributed by atoms with Crippen molar-refractivity contribution in [3.05, 3.63) is 0 Å². The summed E-state index contributed by atoms with van der Waals surface area (Å²) in [5.41, 5.74) is -2.58. The summed E-state index contributed by atoms with van der Waals surface area (Å²) in [6.07, 6.45) is 56.2. The predicted molar refractivity (Wildman–Crippen MR) is 482 cm³/mol. The van der Waals surface area contributed by atoms with Crippen LogP contribution in [0.4, 0.5) is 69.0 Å². The highest BCUT2D eigenvalue weighted by Gasteiger charge is 2.49. The van der Waals surface area contributed by atoms with Crippen LogP contribution in [0.1, 0.15) is 426 Å². The van der Waals surface area contributed by atoms with Crippen molar-refractivity contribution in [3.63, 3.8) is 0 Å². The van der Waals surface area contributed by atoms with Crippen LogP contribution in [0.25, 0.3) is 0 Å². The van der Waals surface area contributed by atoms with Crippen molar-refractivity contribution >= 4 is 107 Å². The second kappa shape index (κ2) is 86.3. The molecule has 8 saturated carbocycles. The number of unbranched alkanes of at least 4 members (excludes halogenated alkanes) is 12. The summed E-state index contributed by atoms with van der Waals surface area (Å²) in [5, 5.41) is 50.4. The first-order valence-electron chi connectivity index (χ1n) is 46.7. The largest absolute Gasteiger partial charge is 0.481 e. The van der Waals surface area contributed by atoms with Gasteiger partial charge < -0.3 is 44.5 Å². The highest BCUT2D eigenvalue weighted by Crippen LogP contribution is 2.51. The molecule has 8 fully saturated rings. The van der Waals surface area contributed by atoms with E-state index in [0.717, 1.165) is 343 Å². The summed E-state index contributed by atoms with van der Waals surface area (Å²) in [7, 11) is 0. The zero-order valence-corrected chi connectivity index (χ0v) is 82.0. The molecule has 0 aromatic carbocycles. The third-order valence-electron chi connectivity index (χ3n) is 26.8. The number of ether oxygens (including phenoxy) is 4. The van der Waals surface area contributed by atoms with E-state index in [1.807, 2.05) is 0 Å². The third kappa shape index (κ3) is 55.3. The van der Waals surface area contributed by atoms with E-state index in [9.17, 15) is 73.5 Å². The first kappa shape index (κ1) is 137. The van der Waals surface area contributed by atoms with Gasteiger partial charge >= 0.3 is 47.8 Å². The van der Waals surface area contributed by atoms with Crippen LogP contribution in [-0.2, 0) is 66.9 Å². The number of carbonyl (C=O) groups is 10. The van der Waals surface area contributed by atoms with Gasteiger partial charge in [-0.2, -0.15) is 0 Å². The van der Waals surface area contributed by atoms with Crippen LogP contribution in [0.5, 0.6) is 0 Å². The molecule has 129 heavy (non-hydrogen) atoms. The molecule has 8 aliphatic carbocycles. The van der Waals surface area contributed by atoms with E-state index in [1.54, 1.807) is 0 Å². The summed E-state index contributed by atoms with van der Waals surface area (Å²) in [5.74, 6) is -1.81. The number of halogens is 18. The minimum absolute atomic E-state index is 0. The predicted octanol–water partition coefficient (Wildman–Crippen LogP) is 29.5. The zero-order valence-electron chi connectivity index (χ0n) is 77.3. The highest BCUT2D eigenvalue weighted by atomic mass is 79.9. The number of esters is 4. The van der Waals surface area contributed by atoms with Crippen molar-refractivity contribution in [1.82, 2.24) is 0 Å². The molecule has 37 heteroatoms. The van der Waals surface area contributed by atoms with E-state index in [1.165, 1.54) is 32.1 Å². The molecule has 0 unspecified atom stereocenters. The first-order chi connectivity index (χ1) is 60.8. The summed E-state index contributed by atoms with van der Waals surface area (Å²) in [4.78, 5) is 117. The molecule has 0 heterocycles. The van der Waals surface area contributed by atoms with Crippen LogP contribution < -0.4 is 0 Å². The molecule has 8 rings (SSSR count). The number of rotatable bonds is 57. The summed E-state index contributed by atoms with van der Waals surface area (Å²) >= 11 is 10.1. The first-order valence-corrected chi connectivity index (χ1v) is 50.0. The van der Waals surface area contributed by atoms with Gasteiger partial charge in [0, 0.05) is 96.6 Å². The zero-order chi connectivity index (χ0) is 96.0. The van der Waals surface area contributed by atoms with Gasteiger partial charge in [0.25, 0.3) is 0 Å². The average Bonchev–Trinajstić information content (AvgIpc) is 1.23. The lowest BCUT2D eigenvalue weighted by molar-refractivity contribution is -0.163. The number of aliphatic hydroxyl groups excluding tert-OH is 1. The molecule has 0 atom stereocenters. The maximum atomic E-state index is 12.4. The molecule has 5 N–H and O–H groups in total. The smallest absolute Gasteiger partial charge is 0.312 e. The highest BCUT2D eigenvalue weighted by molar-refractivity contribution is 9.09. The average molecular weight is 2090 g/mol. The van der Waals surface area contributed by atoms with Gasteiger partial charge in [0.1, 0.15) is 11.6 Å².